The van der Waals surface area contributed by atoms with Gasteiger partial charge in [-0.1, -0.05) is 24.0 Å². The van der Waals surface area contributed by atoms with Gasteiger partial charge in [-0.25, -0.2) is 0 Å². The Bertz CT molecular complexity index is 489. The molecule has 0 bridgehead atoms. The Morgan fingerprint density at radius 3 is 2.88 bits per heavy atom. The number of nitrogens with two attached hydrogens (primary N) is 1. The molecular formula is C12H12N2O2S. The predicted octanol–water partition coefficient (Wildman–Crippen LogP) is 1.26. The molecule has 5 heteroatoms. The van der Waals surface area contributed by atoms with Crippen molar-refractivity contribution in [2.24, 2.45) is 5.73 Å². The van der Waals surface area contributed by atoms with Crippen LogP contribution in [0.25, 0.3) is 0 Å². The maximum atomic E-state index is 10.9. The van der Waals surface area contributed by atoms with Crippen LogP contribution >= 0.6 is 12.2 Å². The summed E-state index contributed by atoms with van der Waals surface area (Å²) in [5.74, 6) is 5.21. The predicted molar refractivity (Wildman–Crippen MR) is 70.4 cm³/mol. The second-order valence-corrected chi connectivity index (χ2v) is 3.53. The molecule has 1 aromatic rings. The number of ether oxygens (including phenoxy) is 1. The molecule has 0 saturated heterocycles. The number of methoxy groups -OCH3 is 1. The van der Waals surface area contributed by atoms with E-state index in [0.29, 0.717) is 0 Å². The molecule has 0 aliphatic carbocycles. The molecule has 0 unspecified atom stereocenters. The number of esters is 1. The van der Waals surface area contributed by atoms with Crippen LogP contribution in [0.1, 0.15) is 12.0 Å². The molecule has 0 amide bonds. The molecule has 0 aliphatic heterocycles. The minimum Gasteiger partial charge on any atom is -0.468 e. The molecule has 0 aliphatic rings. The van der Waals surface area contributed by atoms with Crippen molar-refractivity contribution in [3.8, 4) is 11.8 Å². The van der Waals surface area contributed by atoms with E-state index in [1.54, 1.807) is 6.07 Å². The molecule has 3 N–H and O–H groups in total. The molecule has 0 aromatic heterocycles. The Hall–Kier alpha value is -2.06. The summed E-state index contributed by atoms with van der Waals surface area (Å²) < 4.78 is 4.49. The van der Waals surface area contributed by atoms with Gasteiger partial charge in [-0.15, -0.1) is 0 Å². The van der Waals surface area contributed by atoms with E-state index in [-0.39, 0.29) is 17.5 Å². The summed E-state index contributed by atoms with van der Waals surface area (Å²) in [5, 5.41) is 2.99. The van der Waals surface area contributed by atoms with Gasteiger partial charge in [0.2, 0.25) is 0 Å². The topological polar surface area (TPSA) is 64.3 Å². The fourth-order valence-corrected chi connectivity index (χ4v) is 1.23. The van der Waals surface area contributed by atoms with E-state index in [1.165, 1.54) is 7.11 Å². The molecule has 4 nitrogen and oxygen atoms in total. The van der Waals surface area contributed by atoms with E-state index in [2.05, 4.69) is 21.9 Å². The number of carbonyl (C=O) groups excluding carboxylic acids is 1. The highest BCUT2D eigenvalue weighted by molar-refractivity contribution is 7.80. The van der Waals surface area contributed by atoms with E-state index in [1.807, 2.05) is 18.2 Å². The number of thiocarbonyl (C=S) groups is 1. The molecule has 0 fully saturated rings. The van der Waals surface area contributed by atoms with Crippen molar-refractivity contribution in [3.63, 3.8) is 0 Å². The molecule has 1 aromatic carbocycles. The summed E-state index contributed by atoms with van der Waals surface area (Å²) in [4.78, 5) is 10.9. The summed E-state index contributed by atoms with van der Waals surface area (Å²) in [6.07, 6.45) is 0.0535. The normalized spacial score (nSPS) is 8.76. The quantitative estimate of drug-likeness (QED) is 0.468. The van der Waals surface area contributed by atoms with E-state index in [0.717, 1.165) is 11.3 Å². The number of rotatable bonds is 2. The molecule has 0 saturated carbocycles. The molecule has 17 heavy (non-hydrogen) atoms. The highest BCUT2D eigenvalue weighted by Gasteiger charge is 1.99. The van der Waals surface area contributed by atoms with Crippen LogP contribution in [0.15, 0.2) is 24.3 Å². The van der Waals surface area contributed by atoms with E-state index in [9.17, 15) is 4.79 Å². The molecule has 0 heterocycles. The molecule has 88 valence electrons. The first kappa shape index (κ1) is 13.0. The molecule has 0 atom stereocenters. The minimum atomic E-state index is -0.364. The van der Waals surface area contributed by atoms with Crippen molar-refractivity contribution in [1.82, 2.24) is 0 Å². The number of carbonyl (C=O) groups is 1. The van der Waals surface area contributed by atoms with Crippen LogP contribution in [0.4, 0.5) is 5.69 Å². The van der Waals surface area contributed by atoms with Gasteiger partial charge in [-0.3, -0.25) is 4.79 Å². The maximum Gasteiger partial charge on any atom is 0.317 e. The van der Waals surface area contributed by atoms with E-state index >= 15 is 0 Å². The largest absolute Gasteiger partial charge is 0.468 e. The van der Waals surface area contributed by atoms with E-state index < -0.39 is 0 Å². The van der Waals surface area contributed by atoms with Crippen LogP contribution in [0.3, 0.4) is 0 Å². The summed E-state index contributed by atoms with van der Waals surface area (Å²) in [6, 6.07) is 7.30. The zero-order valence-electron chi connectivity index (χ0n) is 9.32. The SMILES string of the molecule is COC(=O)CC#Cc1ccccc1NC(N)=S. The van der Waals surface area contributed by atoms with Crippen LogP contribution in [0.2, 0.25) is 0 Å². The number of hydrogen-bond acceptors (Lipinski definition) is 3. The lowest BCUT2D eigenvalue weighted by atomic mass is 10.2. The number of benzene rings is 1. The average molecular weight is 248 g/mol. The third-order valence-corrected chi connectivity index (χ3v) is 1.97. The fourth-order valence-electron chi connectivity index (χ4n) is 1.12. The average Bonchev–Trinajstić information content (AvgIpc) is 2.30. The Kier molecular flexibility index (Phi) is 4.98. The molecule has 0 spiro atoms. The Morgan fingerprint density at radius 1 is 1.53 bits per heavy atom. The van der Waals surface area contributed by atoms with Crippen LogP contribution in [-0.2, 0) is 9.53 Å². The van der Waals surface area contributed by atoms with Crippen molar-refractivity contribution < 1.29 is 9.53 Å². The van der Waals surface area contributed by atoms with Crippen molar-refractivity contribution in [2.75, 3.05) is 12.4 Å². The van der Waals surface area contributed by atoms with Crippen molar-refractivity contribution in [2.45, 2.75) is 6.42 Å². The van der Waals surface area contributed by atoms with Gasteiger partial charge in [0.05, 0.1) is 12.8 Å². The molecule has 1 rings (SSSR count). The van der Waals surface area contributed by atoms with Gasteiger partial charge in [0.15, 0.2) is 5.11 Å². The zero-order chi connectivity index (χ0) is 12.7. The number of hydrogen-bond donors (Lipinski definition) is 2. The van der Waals surface area contributed by atoms with Gasteiger partial charge in [0.25, 0.3) is 0 Å². The number of anilines is 1. The lowest BCUT2D eigenvalue weighted by Crippen LogP contribution is -2.19. The lowest BCUT2D eigenvalue weighted by molar-refractivity contribution is -0.139. The van der Waals surface area contributed by atoms with Gasteiger partial charge >= 0.3 is 5.97 Å². The maximum absolute atomic E-state index is 10.9. The van der Waals surface area contributed by atoms with Crippen LogP contribution < -0.4 is 11.1 Å². The van der Waals surface area contributed by atoms with Crippen LogP contribution in [0.5, 0.6) is 0 Å². The Labute approximate surface area is 105 Å². The summed E-state index contributed by atoms with van der Waals surface area (Å²) in [5.41, 5.74) is 6.84. The zero-order valence-corrected chi connectivity index (χ0v) is 10.1. The first-order valence-electron chi connectivity index (χ1n) is 4.84. The van der Waals surface area contributed by atoms with Crippen molar-refractivity contribution in [1.29, 1.82) is 0 Å². The Morgan fingerprint density at radius 2 is 2.24 bits per heavy atom. The summed E-state index contributed by atoms with van der Waals surface area (Å²) >= 11 is 4.75. The molecule has 0 radical (unpaired) electrons. The standard InChI is InChI=1S/C12H12N2O2S/c1-16-11(15)8-4-6-9-5-2-3-7-10(9)14-12(13)17/h2-3,5,7H,8H2,1H3,(H3,13,14,17). The van der Waals surface area contributed by atoms with Crippen molar-refractivity contribution >= 4 is 29.0 Å². The fraction of sp³-hybridized carbons (Fsp3) is 0.167. The van der Waals surface area contributed by atoms with Crippen molar-refractivity contribution in [3.05, 3.63) is 29.8 Å². The monoisotopic (exact) mass is 248 g/mol. The lowest BCUT2D eigenvalue weighted by Gasteiger charge is -2.05. The third kappa shape index (κ3) is 4.53. The van der Waals surface area contributed by atoms with Gasteiger partial charge in [-0.2, -0.15) is 0 Å². The number of nitrogens with one attached hydrogen (secondary N) is 1. The molecular weight excluding hydrogens is 236 g/mol. The first-order chi connectivity index (χ1) is 8.13. The van der Waals surface area contributed by atoms with Gasteiger partial charge in [-0.05, 0) is 24.4 Å². The summed E-state index contributed by atoms with van der Waals surface area (Å²) in [7, 11) is 1.33. The highest BCUT2D eigenvalue weighted by Crippen LogP contribution is 2.13. The second kappa shape index (κ2) is 6.51. The smallest absolute Gasteiger partial charge is 0.317 e. The number of para-hydroxylation sites is 1. The van der Waals surface area contributed by atoms with Crippen LogP contribution in [-0.4, -0.2) is 18.2 Å². The van der Waals surface area contributed by atoms with Crippen LogP contribution in [0, 0.1) is 11.8 Å². The summed E-state index contributed by atoms with van der Waals surface area (Å²) in [6.45, 7) is 0. The van der Waals surface area contributed by atoms with Gasteiger partial charge < -0.3 is 15.8 Å². The highest BCUT2D eigenvalue weighted by atomic mass is 32.1. The van der Waals surface area contributed by atoms with Gasteiger partial charge in [0, 0.05) is 5.56 Å². The van der Waals surface area contributed by atoms with Gasteiger partial charge in [0.1, 0.15) is 6.42 Å². The first-order valence-corrected chi connectivity index (χ1v) is 5.25. The second-order valence-electron chi connectivity index (χ2n) is 3.09. The minimum absolute atomic E-state index is 0.0535. The third-order valence-electron chi connectivity index (χ3n) is 1.87. The van der Waals surface area contributed by atoms with E-state index in [4.69, 9.17) is 18.0 Å². The Balaban J connectivity index is 2.82.